The summed E-state index contributed by atoms with van der Waals surface area (Å²) in [5.41, 5.74) is 0. The Hall–Kier alpha value is -2.45. The normalized spacial score (nSPS) is 21.8. The molecule has 0 unspecified atom stereocenters. The van der Waals surface area contributed by atoms with Crippen LogP contribution >= 0.6 is 0 Å². The molecule has 1 aromatic heterocycles. The maximum absolute atomic E-state index is 13.0. The Kier molecular flexibility index (Phi) is 5.87. The van der Waals surface area contributed by atoms with Crippen LogP contribution in [0, 0.1) is 5.82 Å². The Morgan fingerprint density at radius 2 is 2.04 bits per heavy atom. The average molecular weight is 388 g/mol. The zero-order valence-corrected chi connectivity index (χ0v) is 15.7. The highest BCUT2D eigenvalue weighted by atomic mass is 19.1. The van der Waals surface area contributed by atoms with Gasteiger partial charge in [-0.05, 0) is 37.1 Å². The first-order valence-corrected chi connectivity index (χ1v) is 9.67. The molecule has 8 heteroatoms. The largest absolute Gasteiger partial charge is 0.491 e. The summed E-state index contributed by atoms with van der Waals surface area (Å²) >= 11 is 0. The fourth-order valence-corrected chi connectivity index (χ4v) is 3.80. The Labute approximate surface area is 163 Å². The van der Waals surface area contributed by atoms with Gasteiger partial charge < -0.3 is 19.4 Å². The van der Waals surface area contributed by atoms with Crippen molar-refractivity contribution in [1.82, 2.24) is 19.8 Å². The lowest BCUT2D eigenvalue weighted by molar-refractivity contribution is -0.155. The molecule has 2 aromatic rings. The maximum Gasteiger partial charge on any atom is 0.248 e. The van der Waals surface area contributed by atoms with Gasteiger partial charge in [-0.2, -0.15) is 0 Å². The summed E-state index contributed by atoms with van der Waals surface area (Å²) in [5.74, 6) is 1.32. The van der Waals surface area contributed by atoms with E-state index in [0.29, 0.717) is 18.9 Å². The summed E-state index contributed by atoms with van der Waals surface area (Å²) in [6.45, 7) is 3.64. The maximum atomic E-state index is 13.0. The summed E-state index contributed by atoms with van der Waals surface area (Å²) in [4.78, 5) is 24.1. The number of piperidine rings is 1. The van der Waals surface area contributed by atoms with E-state index < -0.39 is 0 Å². The highest BCUT2D eigenvalue weighted by Crippen LogP contribution is 2.21. The minimum Gasteiger partial charge on any atom is -0.491 e. The van der Waals surface area contributed by atoms with Crippen molar-refractivity contribution < 1.29 is 18.7 Å². The number of amides is 1. The first-order valence-electron chi connectivity index (χ1n) is 9.67. The van der Waals surface area contributed by atoms with Crippen molar-refractivity contribution >= 4 is 5.91 Å². The van der Waals surface area contributed by atoms with E-state index in [0.717, 1.165) is 38.3 Å². The third-order valence-corrected chi connectivity index (χ3v) is 5.34. The van der Waals surface area contributed by atoms with Gasteiger partial charge in [0.05, 0.1) is 13.1 Å². The summed E-state index contributed by atoms with van der Waals surface area (Å²) in [5, 5.41) is 0. The Balaban J connectivity index is 1.26. The summed E-state index contributed by atoms with van der Waals surface area (Å²) in [6.07, 6.45) is 5.31. The number of hydrogen-bond donors (Lipinski definition) is 1. The molecule has 0 spiro atoms. The zero-order valence-electron chi connectivity index (χ0n) is 15.7. The second kappa shape index (κ2) is 8.70. The number of aromatic amines is 1. The van der Waals surface area contributed by atoms with Gasteiger partial charge >= 0.3 is 0 Å². The number of likely N-dealkylation sites (tertiary alicyclic amines) is 1. The number of imidazole rings is 1. The predicted octanol–water partition coefficient (Wildman–Crippen LogP) is 1.82. The van der Waals surface area contributed by atoms with Gasteiger partial charge in [-0.1, -0.05) is 0 Å². The lowest BCUT2D eigenvalue weighted by Gasteiger charge is -2.42. The van der Waals surface area contributed by atoms with E-state index in [1.807, 2.05) is 11.1 Å². The molecule has 2 aliphatic heterocycles. The van der Waals surface area contributed by atoms with E-state index in [9.17, 15) is 9.18 Å². The monoisotopic (exact) mass is 388 g/mol. The number of rotatable bonds is 6. The average Bonchev–Trinajstić information content (AvgIpc) is 3.22. The number of carbonyl (C=O) groups excluding carboxylic acids is 1. The van der Waals surface area contributed by atoms with Crippen LogP contribution in [0.2, 0.25) is 0 Å². The second-order valence-electron chi connectivity index (χ2n) is 7.29. The molecule has 7 nitrogen and oxygen atoms in total. The highest BCUT2D eigenvalue weighted by Gasteiger charge is 2.33. The summed E-state index contributed by atoms with van der Waals surface area (Å²) in [7, 11) is 0. The molecular weight excluding hydrogens is 363 g/mol. The van der Waals surface area contributed by atoms with E-state index >= 15 is 0 Å². The molecule has 1 atom stereocenters. The standard InChI is InChI=1S/C20H25FN4O3/c21-15-1-3-17(4-2-15)27-13-18-11-25(20(26)14-28-18)16-5-9-24(10-6-16)12-19-22-7-8-23-19/h1-4,7-8,16,18H,5-6,9-14H2,(H,22,23)/t18-/m1/s1. The number of morpholine rings is 1. The SMILES string of the molecule is O=C1CO[C@@H](COc2ccc(F)cc2)CN1C1CCN(Cc2ncc[nH]2)CC1. The number of carbonyl (C=O) groups is 1. The molecule has 1 aromatic carbocycles. The molecule has 0 bridgehead atoms. The fourth-order valence-electron chi connectivity index (χ4n) is 3.80. The Morgan fingerprint density at radius 1 is 1.25 bits per heavy atom. The fraction of sp³-hybridized carbons (Fsp3) is 0.500. The van der Waals surface area contributed by atoms with Crippen molar-refractivity contribution in [1.29, 1.82) is 0 Å². The number of halogens is 1. The number of nitrogens with zero attached hydrogens (tertiary/aromatic N) is 3. The molecule has 28 heavy (non-hydrogen) atoms. The van der Waals surface area contributed by atoms with Crippen LogP contribution in [0.15, 0.2) is 36.7 Å². The highest BCUT2D eigenvalue weighted by molar-refractivity contribution is 5.78. The number of benzene rings is 1. The van der Waals surface area contributed by atoms with E-state index in [2.05, 4.69) is 14.9 Å². The lowest BCUT2D eigenvalue weighted by atomic mass is 10.0. The van der Waals surface area contributed by atoms with Crippen LogP contribution < -0.4 is 4.74 Å². The summed E-state index contributed by atoms with van der Waals surface area (Å²) in [6, 6.07) is 6.15. The van der Waals surface area contributed by atoms with Crippen LogP contribution in [0.4, 0.5) is 4.39 Å². The number of H-pyrrole nitrogens is 1. The Bertz CT molecular complexity index is 760. The first kappa shape index (κ1) is 18.9. The predicted molar refractivity (Wildman–Crippen MR) is 100 cm³/mol. The van der Waals surface area contributed by atoms with Gasteiger partial charge in [-0.3, -0.25) is 9.69 Å². The van der Waals surface area contributed by atoms with Crippen molar-refractivity contribution in [3.05, 3.63) is 48.3 Å². The van der Waals surface area contributed by atoms with Gasteiger partial charge in [0.25, 0.3) is 0 Å². The van der Waals surface area contributed by atoms with Crippen molar-refractivity contribution in [2.24, 2.45) is 0 Å². The number of ether oxygens (including phenoxy) is 2. The van der Waals surface area contributed by atoms with Gasteiger partial charge in [0, 0.05) is 31.5 Å². The molecule has 3 heterocycles. The van der Waals surface area contributed by atoms with Gasteiger partial charge in [0.1, 0.15) is 36.7 Å². The van der Waals surface area contributed by atoms with E-state index in [-0.39, 0.29) is 30.5 Å². The van der Waals surface area contributed by atoms with Crippen LogP contribution in [-0.2, 0) is 16.1 Å². The molecule has 0 aliphatic carbocycles. The molecule has 0 radical (unpaired) electrons. The molecule has 1 amide bonds. The molecular formula is C20H25FN4O3. The zero-order chi connectivity index (χ0) is 19.3. The molecule has 2 aliphatic rings. The van der Waals surface area contributed by atoms with Crippen LogP contribution in [0.3, 0.4) is 0 Å². The van der Waals surface area contributed by atoms with E-state index in [1.165, 1.54) is 12.1 Å². The minimum absolute atomic E-state index is 0.0440. The van der Waals surface area contributed by atoms with E-state index in [4.69, 9.17) is 9.47 Å². The van der Waals surface area contributed by atoms with Crippen molar-refractivity contribution in [2.75, 3.05) is 32.8 Å². The Morgan fingerprint density at radius 3 is 2.75 bits per heavy atom. The summed E-state index contributed by atoms with van der Waals surface area (Å²) < 4.78 is 24.3. The van der Waals surface area contributed by atoms with Crippen LogP contribution in [0.5, 0.6) is 5.75 Å². The molecule has 150 valence electrons. The van der Waals surface area contributed by atoms with Crippen LogP contribution in [-0.4, -0.2) is 70.7 Å². The first-order chi connectivity index (χ1) is 13.7. The topological polar surface area (TPSA) is 70.7 Å². The molecule has 2 saturated heterocycles. The van der Waals surface area contributed by atoms with Crippen molar-refractivity contribution in [2.45, 2.75) is 31.5 Å². The second-order valence-corrected chi connectivity index (χ2v) is 7.29. The van der Waals surface area contributed by atoms with Gasteiger partial charge in [0.2, 0.25) is 5.91 Å². The smallest absolute Gasteiger partial charge is 0.248 e. The van der Waals surface area contributed by atoms with Crippen molar-refractivity contribution in [3.8, 4) is 5.75 Å². The van der Waals surface area contributed by atoms with Gasteiger partial charge in [-0.15, -0.1) is 0 Å². The number of aromatic nitrogens is 2. The quantitative estimate of drug-likeness (QED) is 0.818. The van der Waals surface area contributed by atoms with Crippen molar-refractivity contribution in [3.63, 3.8) is 0 Å². The number of hydrogen-bond acceptors (Lipinski definition) is 5. The molecule has 2 fully saturated rings. The molecule has 4 rings (SSSR count). The lowest BCUT2D eigenvalue weighted by Crippen LogP contribution is -2.55. The van der Waals surface area contributed by atoms with Gasteiger partial charge in [-0.25, -0.2) is 9.37 Å². The van der Waals surface area contributed by atoms with Crippen LogP contribution in [0.1, 0.15) is 18.7 Å². The van der Waals surface area contributed by atoms with E-state index in [1.54, 1.807) is 18.3 Å². The molecule has 1 N–H and O–H groups in total. The third kappa shape index (κ3) is 4.69. The van der Waals surface area contributed by atoms with Gasteiger partial charge in [0.15, 0.2) is 0 Å². The third-order valence-electron chi connectivity index (χ3n) is 5.34. The number of nitrogens with one attached hydrogen (secondary N) is 1. The minimum atomic E-state index is -0.295. The molecule has 0 saturated carbocycles. The van der Waals surface area contributed by atoms with Crippen LogP contribution in [0.25, 0.3) is 0 Å².